The van der Waals surface area contributed by atoms with E-state index in [1.54, 1.807) is 38.0 Å². The second kappa shape index (κ2) is 57.8. The Morgan fingerprint density at radius 3 is 1.17 bits per heavy atom. The van der Waals surface area contributed by atoms with Crippen molar-refractivity contribution in [1.82, 2.24) is 24.9 Å². The first-order valence-electron chi connectivity index (χ1n) is 30.2. The van der Waals surface area contributed by atoms with Gasteiger partial charge in [-0.2, -0.15) is 12.1 Å². The number of carbonyl (C=O) groups excluding carboxylic acids is 4. The second-order valence-corrected chi connectivity index (χ2v) is 21.6. The van der Waals surface area contributed by atoms with E-state index in [2.05, 4.69) is 84.4 Å². The van der Waals surface area contributed by atoms with E-state index in [1.807, 2.05) is 202 Å². The monoisotopic (exact) mass is 2290 g/mol. The van der Waals surface area contributed by atoms with E-state index in [0.29, 0.717) is 5.88 Å². The first-order valence-corrected chi connectivity index (χ1v) is 31.1. The van der Waals surface area contributed by atoms with Gasteiger partial charge in [0, 0.05) is 169 Å². The zero-order chi connectivity index (χ0) is 72.0. The molecule has 5 radical (unpaired) electrons. The standard InChI is InChI=1S/C15H10N.C13H13N2.2C12H10NO.C9H6NS.4C5H8O2.5Ir/c1-2-6-12(7-3-1)15-10-13-8-4-5-9-14(13)11-16-15;1-15(2)12-8-9-14-13(10-12)11-6-4-3-5-7-11;1-14-12-9-5-8-11(13-12)10-6-3-2-4-7-10;1-14-11-7-8-13-12(9-11)10-5-3-2-4-6-10;1-2-6-10-8(4-1)9-5-3-7-11-9;4*1-4(6)3-5(2)7;;;;;/h1-6,8-11H;3-6,8-10H,1-2H3;2-6,8-9H,1H3;2-5,7-9H,1H3;1-4,6-7H;4*3,6H,1-2H3;;;;;/q5*-1;;;;;;;;;. The smallest absolute Gasteiger partial charge is 0.203 e. The molecule has 551 valence electrons. The van der Waals surface area contributed by atoms with E-state index in [-0.39, 0.29) is 147 Å². The fourth-order valence-corrected chi connectivity index (χ4v) is 8.35. The van der Waals surface area contributed by atoms with Gasteiger partial charge in [-0.25, -0.2) is 11.3 Å². The molecule has 0 amide bonds. The van der Waals surface area contributed by atoms with Crippen molar-refractivity contribution in [2.24, 2.45) is 0 Å². The van der Waals surface area contributed by atoms with Gasteiger partial charge in [0.05, 0.1) is 37.3 Å². The van der Waals surface area contributed by atoms with E-state index in [0.717, 1.165) is 67.0 Å². The van der Waals surface area contributed by atoms with Crippen LogP contribution in [0, 0.1) is 30.3 Å². The average Bonchev–Trinajstić information content (AvgIpc) is 1.36. The van der Waals surface area contributed by atoms with Gasteiger partial charge in [0.2, 0.25) is 5.88 Å². The van der Waals surface area contributed by atoms with Crippen LogP contribution in [0.3, 0.4) is 0 Å². The SMILES string of the molecule is CC(=O)C=C(C)O.CC(=O)C=C(C)O.CC(=O)C=C(C)O.CC(=O)C=C(C)O.CN(C)c1ccnc(-c2[c-]cccc2)c1.COc1cccc(-c2[c-]cccc2)n1.COc1ccnc(-c2[c-]cccc2)c1.[Ir].[Ir].[Ir].[Ir].[Ir].[c-]1ccccc1-c1cc2ccccc2cn1.[c-]1ccsc1-c1ccccn1. The third-order valence-electron chi connectivity index (χ3n) is 11.7. The summed E-state index contributed by atoms with van der Waals surface area (Å²) in [6.45, 7) is 11.4. The molecule has 0 bridgehead atoms. The number of allylic oxidation sites excluding steroid dienone is 8. The summed E-state index contributed by atoms with van der Waals surface area (Å²) in [5.41, 5.74) is 9.86. The summed E-state index contributed by atoms with van der Waals surface area (Å²) < 4.78 is 10.2. The van der Waals surface area contributed by atoms with Crippen molar-refractivity contribution >= 4 is 50.9 Å². The molecule has 11 rings (SSSR count). The number of ketones is 4. The molecule has 0 atom stereocenters. The van der Waals surface area contributed by atoms with Crippen LogP contribution in [0.2, 0.25) is 0 Å². The first kappa shape index (κ1) is 98.5. The molecule has 0 saturated carbocycles. The van der Waals surface area contributed by atoms with Crippen molar-refractivity contribution in [2.75, 3.05) is 33.2 Å². The normalized spacial score (nSPS) is 9.90. The van der Waals surface area contributed by atoms with Crippen molar-refractivity contribution in [1.29, 1.82) is 0 Å². The van der Waals surface area contributed by atoms with Crippen LogP contribution in [0.4, 0.5) is 5.69 Å². The zero-order valence-corrected chi connectivity index (χ0v) is 71.5. The maximum Gasteiger partial charge on any atom is 0.203 e. The van der Waals surface area contributed by atoms with Crippen LogP contribution < -0.4 is 14.4 Å². The molecular weight excluding hydrogens is 2210 g/mol. The number of hydrogen-bond donors (Lipinski definition) is 4. The van der Waals surface area contributed by atoms with Gasteiger partial charge in [-0.05, 0) is 125 Å². The molecule has 0 saturated heterocycles. The molecule has 103 heavy (non-hydrogen) atoms. The van der Waals surface area contributed by atoms with Crippen LogP contribution in [0.25, 0.3) is 66.4 Å². The van der Waals surface area contributed by atoms with Crippen LogP contribution >= 0.6 is 11.3 Å². The molecule has 0 aliphatic carbocycles. The number of nitrogens with zero attached hydrogens (tertiary/aromatic N) is 6. The van der Waals surface area contributed by atoms with E-state index in [4.69, 9.17) is 29.9 Å². The Labute approximate surface area is 677 Å². The van der Waals surface area contributed by atoms with Crippen molar-refractivity contribution in [2.45, 2.75) is 55.4 Å². The number of hydrogen-bond acceptors (Lipinski definition) is 17. The Kier molecular flexibility index (Phi) is 55.2. The molecule has 5 aromatic carbocycles. The Bertz CT molecular complexity index is 4060. The Hall–Kier alpha value is -8.70. The van der Waals surface area contributed by atoms with Crippen LogP contribution in [0.5, 0.6) is 11.6 Å². The van der Waals surface area contributed by atoms with Gasteiger partial charge in [-0.1, -0.05) is 65.5 Å². The molecule has 4 N–H and O–H groups in total. The molecule has 0 spiro atoms. The van der Waals surface area contributed by atoms with Crippen molar-refractivity contribution < 1.29 is 150 Å². The number of fused-ring (bicyclic) bond motifs is 1. The molecule has 6 heterocycles. The number of carbonyl (C=O) groups is 4. The number of rotatable bonds is 12. The number of ether oxygens (including phenoxy) is 2. The van der Waals surface area contributed by atoms with E-state index in [1.165, 1.54) is 90.5 Å². The number of thiophene rings is 1. The van der Waals surface area contributed by atoms with Crippen molar-refractivity contribution in [3.05, 3.63) is 302 Å². The van der Waals surface area contributed by atoms with Gasteiger partial charge in [0.15, 0.2) is 23.1 Å². The number of pyridine rings is 5. The summed E-state index contributed by atoms with van der Waals surface area (Å²) >= 11 is 1.66. The third kappa shape index (κ3) is 44.4. The zero-order valence-electron chi connectivity index (χ0n) is 58.7. The minimum atomic E-state index is -0.125. The molecule has 16 nitrogen and oxygen atoms in total. The number of benzene rings is 5. The Morgan fingerprint density at radius 1 is 0.398 bits per heavy atom. The molecule has 22 heteroatoms. The van der Waals surface area contributed by atoms with Gasteiger partial charge in [-0.3, -0.25) is 24.2 Å². The predicted molar refractivity (Wildman–Crippen MR) is 394 cm³/mol. The molecular formula is C81H81Ir5N6O10S-5. The molecule has 0 fully saturated rings. The van der Waals surface area contributed by atoms with Gasteiger partial charge >= 0.3 is 0 Å². The summed E-state index contributed by atoms with van der Waals surface area (Å²) in [5, 5.41) is 37.8. The summed E-state index contributed by atoms with van der Waals surface area (Å²) in [5.74, 6) is 1.19. The van der Waals surface area contributed by atoms with E-state index < -0.39 is 0 Å². The van der Waals surface area contributed by atoms with Crippen LogP contribution in [-0.2, 0) is 120 Å². The summed E-state index contributed by atoms with van der Waals surface area (Å²) in [4.78, 5) is 64.8. The quantitative estimate of drug-likeness (QED) is 0.0506. The largest absolute Gasteiger partial charge is 0.512 e. The molecule has 6 aromatic heterocycles. The fraction of sp³-hybridized carbons (Fsp3) is 0.148. The maximum absolute atomic E-state index is 10.0. The van der Waals surface area contributed by atoms with Gasteiger partial charge in [-0.15, -0.1) is 149 Å². The van der Waals surface area contributed by atoms with Crippen LogP contribution in [-0.4, -0.2) is 96.8 Å². The molecule has 0 unspecified atom stereocenters. The summed E-state index contributed by atoms with van der Waals surface area (Å²) in [6, 6.07) is 78.6. The molecule has 0 aliphatic rings. The molecule has 0 aliphatic heterocycles. The van der Waals surface area contributed by atoms with Crippen molar-refractivity contribution in [3.63, 3.8) is 0 Å². The van der Waals surface area contributed by atoms with Crippen LogP contribution in [0.1, 0.15) is 55.4 Å². The minimum absolute atomic E-state index is 0. The van der Waals surface area contributed by atoms with E-state index in [9.17, 15) is 19.2 Å². The second-order valence-electron chi connectivity index (χ2n) is 20.7. The third-order valence-corrected chi connectivity index (χ3v) is 12.6. The predicted octanol–water partition coefficient (Wildman–Crippen LogP) is 18.2. The number of anilines is 1. The molecule has 11 aromatic rings. The maximum atomic E-state index is 10.0. The summed E-state index contributed by atoms with van der Waals surface area (Å²) in [7, 11) is 7.30. The van der Waals surface area contributed by atoms with E-state index >= 15 is 0 Å². The van der Waals surface area contributed by atoms with Gasteiger partial charge in [0.25, 0.3) is 0 Å². The van der Waals surface area contributed by atoms with Gasteiger partial charge in [0.1, 0.15) is 5.75 Å². The number of methoxy groups -OCH3 is 2. The topological polar surface area (TPSA) is 235 Å². The van der Waals surface area contributed by atoms with Crippen LogP contribution in [0.15, 0.2) is 272 Å². The minimum Gasteiger partial charge on any atom is -0.512 e. The van der Waals surface area contributed by atoms with Gasteiger partial charge < -0.3 is 54.7 Å². The Morgan fingerprint density at radius 2 is 0.796 bits per heavy atom. The fourth-order valence-electron chi connectivity index (χ4n) is 7.70. The van der Waals surface area contributed by atoms with Crippen molar-refractivity contribution in [3.8, 4) is 67.2 Å². The average molecular weight is 2290 g/mol. The first-order chi connectivity index (χ1) is 47.0. The number of aliphatic hydroxyl groups is 4. The number of aromatic nitrogens is 5. The Balaban J connectivity index is -0.00000111. The number of aliphatic hydroxyl groups excluding tert-OH is 4. The summed E-state index contributed by atoms with van der Waals surface area (Å²) in [6.07, 6.45) is 11.9.